The van der Waals surface area contributed by atoms with Gasteiger partial charge in [-0.1, -0.05) is 0 Å². The van der Waals surface area contributed by atoms with Crippen LogP contribution in [0.2, 0.25) is 0 Å². The predicted octanol–water partition coefficient (Wildman–Crippen LogP) is 2.09. The maximum absolute atomic E-state index is 11.0. The Morgan fingerprint density at radius 1 is 1.24 bits per heavy atom. The second kappa shape index (κ2) is 4.99. The highest BCUT2D eigenvalue weighted by atomic mass is 16.5. The van der Waals surface area contributed by atoms with E-state index in [-0.39, 0.29) is 12.0 Å². The number of amides is 1. The predicted molar refractivity (Wildman–Crippen MR) is 66.1 cm³/mol. The molecule has 0 saturated heterocycles. The zero-order valence-corrected chi connectivity index (χ0v) is 10.1. The van der Waals surface area contributed by atoms with Crippen molar-refractivity contribution in [3.05, 3.63) is 29.8 Å². The summed E-state index contributed by atoms with van der Waals surface area (Å²) in [4.78, 5) is 11.0. The Bertz CT molecular complexity index is 435. The zero-order valence-electron chi connectivity index (χ0n) is 10.1. The van der Waals surface area contributed by atoms with Crippen LogP contribution in [0.4, 0.5) is 0 Å². The number of hydrogen-bond donors (Lipinski definition) is 1. The van der Waals surface area contributed by atoms with E-state index in [4.69, 9.17) is 4.74 Å². The van der Waals surface area contributed by atoms with Crippen LogP contribution >= 0.6 is 0 Å². The van der Waals surface area contributed by atoms with Gasteiger partial charge in [-0.3, -0.25) is 4.79 Å². The molecule has 1 heterocycles. The maximum atomic E-state index is 11.0. The van der Waals surface area contributed by atoms with Gasteiger partial charge in [-0.05, 0) is 43.7 Å². The summed E-state index contributed by atoms with van der Waals surface area (Å²) in [7, 11) is 0. The summed E-state index contributed by atoms with van der Waals surface area (Å²) in [6.45, 7) is 3.99. The highest BCUT2D eigenvalue weighted by Gasteiger charge is 2.13. The monoisotopic (exact) mass is 232 g/mol. The fourth-order valence-electron chi connectivity index (χ4n) is 1.68. The Kier molecular flexibility index (Phi) is 3.42. The molecule has 0 bridgehead atoms. The summed E-state index contributed by atoms with van der Waals surface area (Å²) in [6, 6.07) is 7.78. The molecule has 0 atom stereocenters. The lowest BCUT2D eigenvalue weighted by Crippen LogP contribution is -2.25. The third-order valence-corrected chi connectivity index (χ3v) is 2.46. The molecule has 0 unspecified atom stereocenters. The lowest BCUT2D eigenvalue weighted by Gasteiger charge is -2.13. The number of carbonyl (C=O) groups is 1. The SMILES string of the molecule is CC(C)Oc1ccc(C2=NNC(=O)CC2)cc1. The van der Waals surface area contributed by atoms with Crippen LogP contribution in [0, 0.1) is 0 Å². The standard InChI is InChI=1S/C13H16N2O2/c1-9(2)17-11-5-3-10(4-6-11)12-7-8-13(16)15-14-12/h3-6,9H,7-8H2,1-2H3,(H,15,16). The van der Waals surface area contributed by atoms with Gasteiger partial charge >= 0.3 is 0 Å². The third-order valence-electron chi connectivity index (χ3n) is 2.46. The number of rotatable bonds is 3. The Morgan fingerprint density at radius 2 is 1.94 bits per heavy atom. The van der Waals surface area contributed by atoms with E-state index in [1.165, 1.54) is 0 Å². The molecule has 0 aliphatic carbocycles. The number of hydrazone groups is 1. The Morgan fingerprint density at radius 3 is 2.47 bits per heavy atom. The van der Waals surface area contributed by atoms with E-state index in [2.05, 4.69) is 10.5 Å². The topological polar surface area (TPSA) is 50.7 Å². The van der Waals surface area contributed by atoms with Crippen LogP contribution in [0.5, 0.6) is 5.75 Å². The van der Waals surface area contributed by atoms with Crippen molar-refractivity contribution in [2.75, 3.05) is 0 Å². The van der Waals surface area contributed by atoms with Crippen molar-refractivity contribution >= 4 is 11.6 Å². The van der Waals surface area contributed by atoms with Gasteiger partial charge in [-0.2, -0.15) is 5.10 Å². The van der Waals surface area contributed by atoms with Gasteiger partial charge in [0, 0.05) is 12.8 Å². The minimum Gasteiger partial charge on any atom is -0.491 e. The van der Waals surface area contributed by atoms with E-state index in [0.717, 1.165) is 17.0 Å². The largest absolute Gasteiger partial charge is 0.491 e. The van der Waals surface area contributed by atoms with Crippen molar-refractivity contribution in [3.63, 3.8) is 0 Å². The molecule has 4 heteroatoms. The molecule has 1 amide bonds. The fraction of sp³-hybridized carbons (Fsp3) is 0.385. The zero-order chi connectivity index (χ0) is 12.3. The number of ether oxygens (including phenoxy) is 1. The Balaban J connectivity index is 2.10. The molecule has 4 nitrogen and oxygen atoms in total. The molecule has 17 heavy (non-hydrogen) atoms. The molecule has 0 fully saturated rings. The number of nitrogens with one attached hydrogen (secondary N) is 1. The second-order valence-electron chi connectivity index (χ2n) is 4.28. The summed E-state index contributed by atoms with van der Waals surface area (Å²) in [5, 5.41) is 4.05. The fourth-order valence-corrected chi connectivity index (χ4v) is 1.68. The molecule has 2 rings (SSSR count). The van der Waals surface area contributed by atoms with Gasteiger partial charge in [-0.15, -0.1) is 0 Å². The highest BCUT2D eigenvalue weighted by molar-refractivity contribution is 6.04. The molecule has 1 aliphatic rings. The van der Waals surface area contributed by atoms with E-state index >= 15 is 0 Å². The van der Waals surface area contributed by atoms with Crippen molar-refractivity contribution in [1.29, 1.82) is 0 Å². The van der Waals surface area contributed by atoms with Crippen LogP contribution in [-0.4, -0.2) is 17.7 Å². The Hall–Kier alpha value is -1.84. The van der Waals surface area contributed by atoms with Gasteiger partial charge in [0.1, 0.15) is 5.75 Å². The van der Waals surface area contributed by atoms with E-state index in [1.807, 2.05) is 38.1 Å². The van der Waals surface area contributed by atoms with Crippen LogP contribution in [0.1, 0.15) is 32.3 Å². The molecular formula is C13H16N2O2. The number of hydrogen-bond acceptors (Lipinski definition) is 3. The van der Waals surface area contributed by atoms with E-state index in [0.29, 0.717) is 12.8 Å². The maximum Gasteiger partial charge on any atom is 0.240 e. The third kappa shape index (κ3) is 3.06. The first-order valence-corrected chi connectivity index (χ1v) is 5.77. The molecule has 1 aromatic rings. The molecular weight excluding hydrogens is 216 g/mol. The van der Waals surface area contributed by atoms with Gasteiger partial charge in [0.15, 0.2) is 0 Å². The average Bonchev–Trinajstić information content (AvgIpc) is 2.30. The van der Waals surface area contributed by atoms with Crippen LogP contribution in [0.15, 0.2) is 29.4 Å². The molecule has 1 N–H and O–H groups in total. The van der Waals surface area contributed by atoms with Crippen LogP contribution in [0.25, 0.3) is 0 Å². The normalized spacial score (nSPS) is 15.5. The quantitative estimate of drug-likeness (QED) is 0.867. The summed E-state index contributed by atoms with van der Waals surface area (Å²) in [5.74, 6) is 0.831. The molecule has 1 aromatic carbocycles. The summed E-state index contributed by atoms with van der Waals surface area (Å²) >= 11 is 0. The lowest BCUT2D eigenvalue weighted by atomic mass is 10.0. The van der Waals surface area contributed by atoms with Gasteiger partial charge in [0.2, 0.25) is 5.91 Å². The molecule has 0 saturated carbocycles. The second-order valence-corrected chi connectivity index (χ2v) is 4.28. The molecule has 90 valence electrons. The molecule has 1 aliphatic heterocycles. The highest BCUT2D eigenvalue weighted by Crippen LogP contribution is 2.16. The Labute approximate surface area is 101 Å². The smallest absolute Gasteiger partial charge is 0.240 e. The lowest BCUT2D eigenvalue weighted by molar-refractivity contribution is -0.121. The van der Waals surface area contributed by atoms with Crippen molar-refractivity contribution in [3.8, 4) is 5.75 Å². The van der Waals surface area contributed by atoms with Crippen molar-refractivity contribution in [1.82, 2.24) is 5.43 Å². The van der Waals surface area contributed by atoms with Gasteiger partial charge in [-0.25, -0.2) is 5.43 Å². The average molecular weight is 232 g/mol. The van der Waals surface area contributed by atoms with Gasteiger partial charge < -0.3 is 4.74 Å². The number of benzene rings is 1. The van der Waals surface area contributed by atoms with Gasteiger partial charge in [0.05, 0.1) is 11.8 Å². The van der Waals surface area contributed by atoms with Crippen LogP contribution in [-0.2, 0) is 4.79 Å². The summed E-state index contributed by atoms with van der Waals surface area (Å²) in [6.07, 6.45) is 1.37. The summed E-state index contributed by atoms with van der Waals surface area (Å²) in [5.41, 5.74) is 4.44. The summed E-state index contributed by atoms with van der Waals surface area (Å²) < 4.78 is 5.56. The van der Waals surface area contributed by atoms with E-state index in [1.54, 1.807) is 0 Å². The minimum absolute atomic E-state index is 0.0199. The number of carbonyl (C=O) groups excluding carboxylic acids is 1. The van der Waals surface area contributed by atoms with E-state index < -0.39 is 0 Å². The van der Waals surface area contributed by atoms with Gasteiger partial charge in [0.25, 0.3) is 0 Å². The van der Waals surface area contributed by atoms with Crippen molar-refractivity contribution < 1.29 is 9.53 Å². The first kappa shape index (κ1) is 11.6. The van der Waals surface area contributed by atoms with Crippen molar-refractivity contribution in [2.45, 2.75) is 32.8 Å². The molecule has 0 aromatic heterocycles. The molecule has 0 radical (unpaired) electrons. The first-order chi connectivity index (χ1) is 8.15. The van der Waals surface area contributed by atoms with Crippen LogP contribution < -0.4 is 10.2 Å². The van der Waals surface area contributed by atoms with E-state index in [9.17, 15) is 4.79 Å². The number of nitrogens with zero attached hydrogens (tertiary/aromatic N) is 1. The minimum atomic E-state index is -0.0199. The van der Waals surface area contributed by atoms with Crippen LogP contribution in [0.3, 0.4) is 0 Å². The molecule has 0 spiro atoms. The van der Waals surface area contributed by atoms with Crippen molar-refractivity contribution in [2.24, 2.45) is 5.10 Å². The first-order valence-electron chi connectivity index (χ1n) is 5.77.